The van der Waals surface area contributed by atoms with Gasteiger partial charge in [-0.1, -0.05) is 12.1 Å². The highest BCUT2D eigenvalue weighted by atomic mass is 16.5. The molecule has 130 valence electrons. The minimum Gasteiger partial charge on any atom is -0.497 e. The maximum absolute atomic E-state index is 5.56. The molecule has 0 unspecified atom stereocenters. The Kier molecular flexibility index (Phi) is 3.96. The van der Waals surface area contributed by atoms with Crippen LogP contribution in [0.4, 0.5) is 5.82 Å². The van der Waals surface area contributed by atoms with Crippen molar-refractivity contribution in [2.75, 3.05) is 12.8 Å². The SMILES string of the molecule is COc1ccc(Cn2nc(C)c3cc(-c4ncc(N)nn4)ccc32)cc1. The van der Waals surface area contributed by atoms with Gasteiger partial charge >= 0.3 is 0 Å². The highest BCUT2D eigenvalue weighted by Gasteiger charge is 2.11. The first-order chi connectivity index (χ1) is 12.6. The summed E-state index contributed by atoms with van der Waals surface area (Å²) in [5, 5.41) is 13.7. The van der Waals surface area contributed by atoms with Crippen molar-refractivity contribution in [1.29, 1.82) is 0 Å². The Morgan fingerprint density at radius 1 is 1.08 bits per heavy atom. The molecule has 0 amide bonds. The second-order valence-electron chi connectivity index (χ2n) is 6.03. The van der Waals surface area contributed by atoms with Gasteiger partial charge in [0.1, 0.15) is 5.75 Å². The zero-order valence-corrected chi connectivity index (χ0v) is 14.5. The summed E-state index contributed by atoms with van der Waals surface area (Å²) in [6, 6.07) is 14.0. The number of fused-ring (bicyclic) bond motifs is 1. The molecule has 0 saturated carbocycles. The number of anilines is 1. The minimum absolute atomic E-state index is 0.304. The van der Waals surface area contributed by atoms with E-state index in [0.29, 0.717) is 18.2 Å². The van der Waals surface area contributed by atoms with Gasteiger partial charge in [0, 0.05) is 10.9 Å². The standard InChI is InChI=1S/C19H18N6O/c1-12-16-9-14(19-21-10-18(20)22-23-19)5-8-17(16)25(24-12)11-13-3-6-15(26-2)7-4-13/h3-10H,11H2,1-2H3,(H2,20,22). The van der Waals surface area contributed by atoms with Crippen LogP contribution < -0.4 is 10.5 Å². The number of methoxy groups -OCH3 is 1. The fourth-order valence-electron chi connectivity index (χ4n) is 2.92. The molecule has 2 aromatic carbocycles. The topological polar surface area (TPSA) is 91.7 Å². The summed E-state index contributed by atoms with van der Waals surface area (Å²) in [7, 11) is 1.66. The molecule has 7 nitrogen and oxygen atoms in total. The van der Waals surface area contributed by atoms with Crippen LogP contribution in [-0.2, 0) is 6.54 Å². The lowest BCUT2D eigenvalue weighted by Gasteiger charge is -2.06. The first-order valence-electron chi connectivity index (χ1n) is 8.20. The van der Waals surface area contributed by atoms with Gasteiger partial charge in [-0.25, -0.2) is 4.98 Å². The van der Waals surface area contributed by atoms with Crippen molar-refractivity contribution in [3.8, 4) is 17.1 Å². The fourth-order valence-corrected chi connectivity index (χ4v) is 2.92. The molecule has 0 bridgehead atoms. The molecule has 4 aromatic rings. The van der Waals surface area contributed by atoms with Crippen molar-refractivity contribution in [3.63, 3.8) is 0 Å². The van der Waals surface area contributed by atoms with Crippen molar-refractivity contribution < 1.29 is 4.74 Å². The molecule has 2 aromatic heterocycles. The van der Waals surface area contributed by atoms with Crippen LogP contribution in [0.5, 0.6) is 5.75 Å². The first-order valence-corrected chi connectivity index (χ1v) is 8.20. The molecule has 2 N–H and O–H groups in total. The number of hydrogen-bond donors (Lipinski definition) is 1. The number of rotatable bonds is 4. The Balaban J connectivity index is 1.69. The lowest BCUT2D eigenvalue weighted by Crippen LogP contribution is -2.02. The molecule has 0 saturated heterocycles. The van der Waals surface area contributed by atoms with E-state index in [1.165, 1.54) is 6.20 Å². The molecule has 26 heavy (non-hydrogen) atoms. The van der Waals surface area contributed by atoms with E-state index in [-0.39, 0.29) is 0 Å². The molecule has 0 fully saturated rings. The number of benzene rings is 2. The van der Waals surface area contributed by atoms with E-state index in [1.54, 1.807) is 7.11 Å². The summed E-state index contributed by atoms with van der Waals surface area (Å²) in [5.41, 5.74) is 9.62. The van der Waals surface area contributed by atoms with Crippen LogP contribution in [0.15, 0.2) is 48.7 Å². The van der Waals surface area contributed by atoms with Crippen molar-refractivity contribution in [3.05, 3.63) is 59.9 Å². The van der Waals surface area contributed by atoms with Crippen molar-refractivity contribution in [2.45, 2.75) is 13.5 Å². The third-order valence-corrected chi connectivity index (χ3v) is 4.26. The van der Waals surface area contributed by atoms with Crippen LogP contribution in [0.2, 0.25) is 0 Å². The summed E-state index contributed by atoms with van der Waals surface area (Å²) in [4.78, 5) is 4.24. The summed E-state index contributed by atoms with van der Waals surface area (Å²) in [6.07, 6.45) is 1.51. The van der Waals surface area contributed by atoms with E-state index in [9.17, 15) is 0 Å². The summed E-state index contributed by atoms with van der Waals surface area (Å²) < 4.78 is 7.21. The van der Waals surface area contributed by atoms with Gasteiger partial charge < -0.3 is 10.5 Å². The summed E-state index contributed by atoms with van der Waals surface area (Å²) in [6.45, 7) is 2.69. The summed E-state index contributed by atoms with van der Waals surface area (Å²) >= 11 is 0. The number of aromatic nitrogens is 5. The molecule has 0 radical (unpaired) electrons. The largest absolute Gasteiger partial charge is 0.497 e. The maximum Gasteiger partial charge on any atom is 0.181 e. The zero-order chi connectivity index (χ0) is 18.1. The smallest absolute Gasteiger partial charge is 0.181 e. The van der Waals surface area contributed by atoms with Crippen LogP contribution in [0.1, 0.15) is 11.3 Å². The van der Waals surface area contributed by atoms with Gasteiger partial charge in [-0.15, -0.1) is 10.2 Å². The first kappa shape index (κ1) is 16.0. The number of nitrogens with two attached hydrogens (primary N) is 1. The van der Waals surface area contributed by atoms with Crippen molar-refractivity contribution in [1.82, 2.24) is 25.0 Å². The fraction of sp³-hybridized carbons (Fsp3) is 0.158. The van der Waals surface area contributed by atoms with Gasteiger partial charge in [0.2, 0.25) is 0 Å². The van der Waals surface area contributed by atoms with Gasteiger partial charge in [-0.05, 0) is 42.8 Å². The third-order valence-electron chi connectivity index (χ3n) is 4.26. The molecular formula is C19H18N6O. The second kappa shape index (κ2) is 6.44. The predicted molar refractivity (Wildman–Crippen MR) is 99.8 cm³/mol. The highest BCUT2D eigenvalue weighted by Crippen LogP contribution is 2.25. The second-order valence-corrected chi connectivity index (χ2v) is 6.03. The Morgan fingerprint density at radius 3 is 2.58 bits per heavy atom. The van der Waals surface area contributed by atoms with Gasteiger partial charge in [-0.2, -0.15) is 5.10 Å². The predicted octanol–water partition coefficient (Wildman–Crippen LogP) is 2.84. The Bertz CT molecular complexity index is 1050. The minimum atomic E-state index is 0.304. The van der Waals surface area contributed by atoms with Crippen LogP contribution in [0.3, 0.4) is 0 Å². The molecule has 7 heteroatoms. The number of ether oxygens (including phenoxy) is 1. The Hall–Kier alpha value is -3.48. The quantitative estimate of drug-likeness (QED) is 0.611. The molecule has 0 spiro atoms. The van der Waals surface area contributed by atoms with Crippen LogP contribution in [0.25, 0.3) is 22.3 Å². The molecule has 0 aliphatic rings. The monoisotopic (exact) mass is 346 g/mol. The van der Waals surface area contributed by atoms with Gasteiger partial charge in [0.25, 0.3) is 0 Å². The average molecular weight is 346 g/mol. The summed E-state index contributed by atoms with van der Waals surface area (Å²) in [5.74, 6) is 1.69. The maximum atomic E-state index is 5.56. The molecule has 2 heterocycles. The van der Waals surface area contributed by atoms with E-state index in [4.69, 9.17) is 10.5 Å². The van der Waals surface area contributed by atoms with Gasteiger partial charge in [0.15, 0.2) is 11.6 Å². The van der Waals surface area contributed by atoms with Crippen molar-refractivity contribution in [2.24, 2.45) is 0 Å². The average Bonchev–Trinajstić information content (AvgIpc) is 2.98. The lowest BCUT2D eigenvalue weighted by molar-refractivity contribution is 0.414. The molecule has 0 atom stereocenters. The molecule has 0 aliphatic carbocycles. The van der Waals surface area contributed by atoms with Crippen LogP contribution in [-0.4, -0.2) is 32.1 Å². The third kappa shape index (κ3) is 2.95. The van der Waals surface area contributed by atoms with E-state index in [2.05, 4.69) is 20.3 Å². The van der Waals surface area contributed by atoms with Crippen molar-refractivity contribution >= 4 is 16.7 Å². The Morgan fingerprint density at radius 2 is 1.88 bits per heavy atom. The number of aryl methyl sites for hydroxylation is 1. The van der Waals surface area contributed by atoms with E-state index < -0.39 is 0 Å². The van der Waals surface area contributed by atoms with E-state index in [1.807, 2.05) is 54.1 Å². The normalized spacial score (nSPS) is 11.0. The lowest BCUT2D eigenvalue weighted by atomic mass is 10.1. The zero-order valence-electron chi connectivity index (χ0n) is 14.5. The van der Waals surface area contributed by atoms with E-state index in [0.717, 1.165) is 33.5 Å². The van der Waals surface area contributed by atoms with Crippen LogP contribution >= 0.6 is 0 Å². The van der Waals surface area contributed by atoms with Crippen LogP contribution in [0, 0.1) is 6.92 Å². The molecular weight excluding hydrogens is 328 g/mol. The molecule has 0 aliphatic heterocycles. The highest BCUT2D eigenvalue weighted by molar-refractivity contribution is 5.86. The molecule has 4 rings (SSSR count). The van der Waals surface area contributed by atoms with E-state index >= 15 is 0 Å². The Labute approximate surface area is 150 Å². The number of hydrogen-bond acceptors (Lipinski definition) is 6. The number of nitrogen functional groups attached to an aromatic ring is 1. The van der Waals surface area contributed by atoms with Gasteiger partial charge in [0.05, 0.1) is 31.1 Å². The number of nitrogens with zero attached hydrogens (tertiary/aromatic N) is 5. The van der Waals surface area contributed by atoms with Gasteiger partial charge in [-0.3, -0.25) is 4.68 Å².